The second kappa shape index (κ2) is 9.59. The first kappa shape index (κ1) is 23.5. The Morgan fingerprint density at radius 1 is 0.921 bits per heavy atom. The van der Waals surface area contributed by atoms with Gasteiger partial charge in [-0.2, -0.15) is 0 Å². The number of piperidine rings is 3. The highest BCUT2D eigenvalue weighted by Gasteiger charge is 2.44. The average molecular weight is 503 g/mol. The first-order chi connectivity index (χ1) is 18.7. The molecule has 5 atom stereocenters. The Bertz CT molecular complexity index is 1630. The molecule has 4 heteroatoms. The molecule has 1 unspecified atom stereocenters. The lowest BCUT2D eigenvalue weighted by Gasteiger charge is -2.52. The number of methoxy groups -OCH3 is 1. The van der Waals surface area contributed by atoms with E-state index in [-0.39, 0.29) is 6.10 Å². The predicted molar refractivity (Wildman–Crippen MR) is 155 cm³/mol. The molecule has 0 radical (unpaired) electrons. The van der Waals surface area contributed by atoms with Crippen molar-refractivity contribution in [1.29, 1.82) is 0 Å². The highest BCUT2D eigenvalue weighted by Crippen LogP contribution is 2.45. The Balaban J connectivity index is 1.41. The van der Waals surface area contributed by atoms with Crippen molar-refractivity contribution in [1.82, 2.24) is 9.88 Å². The third-order valence-electron chi connectivity index (χ3n) is 9.08. The maximum atomic E-state index is 7.25. The molecule has 4 heterocycles. The van der Waals surface area contributed by atoms with Crippen LogP contribution in [0.4, 0.5) is 0 Å². The summed E-state index contributed by atoms with van der Waals surface area (Å²) >= 11 is 0. The van der Waals surface area contributed by atoms with E-state index in [0.717, 1.165) is 52.7 Å². The number of nitrogens with zero attached hydrogens (tertiary/aromatic N) is 2. The number of ether oxygens (including phenoxy) is 2. The molecule has 1 aromatic heterocycles. The fourth-order valence-electron chi connectivity index (χ4n) is 7.08. The Kier molecular flexibility index (Phi) is 5.93. The Labute approximate surface area is 224 Å². The standard InChI is InChI=1S/C34H34N2O2/c1-3-22-21-36-17-15-23(22)18-32(36)34(29-14-16-35-31-13-12-25(37-2)20-30(29)31)38-33-19-24-8-4-5-9-26(24)27-10-6-7-11-28(27)33/h4-14,16,19-20,22-23,32,34H,3,15,17-18,21H2,1-2H3/t22-,23-,32+,34-/m0/s1. The zero-order valence-corrected chi connectivity index (χ0v) is 22.1. The number of pyridine rings is 1. The van der Waals surface area contributed by atoms with Crippen molar-refractivity contribution < 1.29 is 9.47 Å². The molecule has 4 aromatic carbocycles. The lowest BCUT2D eigenvalue weighted by molar-refractivity contribution is -0.0480. The number of aromatic nitrogens is 1. The zero-order valence-electron chi connectivity index (χ0n) is 22.1. The van der Waals surface area contributed by atoms with E-state index in [1.54, 1.807) is 7.11 Å². The summed E-state index contributed by atoms with van der Waals surface area (Å²) in [6, 6.07) is 28.2. The van der Waals surface area contributed by atoms with E-state index < -0.39 is 0 Å². The maximum Gasteiger partial charge on any atom is 0.140 e. The Morgan fingerprint density at radius 2 is 1.74 bits per heavy atom. The number of benzene rings is 4. The van der Waals surface area contributed by atoms with E-state index in [9.17, 15) is 0 Å². The fraction of sp³-hybridized carbons (Fsp3) is 0.324. The molecule has 0 amide bonds. The monoisotopic (exact) mass is 502 g/mol. The van der Waals surface area contributed by atoms with Gasteiger partial charge in [-0.1, -0.05) is 61.9 Å². The van der Waals surface area contributed by atoms with Crippen molar-refractivity contribution in [2.24, 2.45) is 11.8 Å². The van der Waals surface area contributed by atoms with Gasteiger partial charge in [-0.3, -0.25) is 9.88 Å². The van der Waals surface area contributed by atoms with Crippen molar-refractivity contribution in [3.05, 3.63) is 90.6 Å². The molecular weight excluding hydrogens is 468 g/mol. The smallest absolute Gasteiger partial charge is 0.140 e. The molecule has 4 nitrogen and oxygen atoms in total. The third-order valence-corrected chi connectivity index (χ3v) is 9.08. The topological polar surface area (TPSA) is 34.6 Å². The van der Waals surface area contributed by atoms with E-state index in [2.05, 4.69) is 84.6 Å². The summed E-state index contributed by atoms with van der Waals surface area (Å²) in [4.78, 5) is 7.39. The molecule has 8 rings (SSSR count). The van der Waals surface area contributed by atoms with Gasteiger partial charge in [-0.15, -0.1) is 0 Å². The lowest BCUT2D eigenvalue weighted by atomic mass is 9.72. The van der Waals surface area contributed by atoms with Crippen LogP contribution < -0.4 is 9.47 Å². The first-order valence-corrected chi connectivity index (χ1v) is 14.0. The van der Waals surface area contributed by atoms with Gasteiger partial charge in [0.25, 0.3) is 0 Å². The summed E-state index contributed by atoms with van der Waals surface area (Å²) in [6.45, 7) is 4.66. The highest BCUT2D eigenvalue weighted by atomic mass is 16.5. The van der Waals surface area contributed by atoms with Crippen molar-refractivity contribution in [3.63, 3.8) is 0 Å². The summed E-state index contributed by atoms with van der Waals surface area (Å²) in [5.41, 5.74) is 2.17. The first-order valence-electron chi connectivity index (χ1n) is 14.0. The van der Waals surface area contributed by atoms with Gasteiger partial charge in [0, 0.05) is 29.1 Å². The summed E-state index contributed by atoms with van der Waals surface area (Å²) in [5.74, 6) is 3.35. The van der Waals surface area contributed by atoms with Gasteiger partial charge in [-0.25, -0.2) is 0 Å². The van der Waals surface area contributed by atoms with Crippen LogP contribution in [0.15, 0.2) is 85.1 Å². The van der Waals surface area contributed by atoms with Crippen LogP contribution in [0.2, 0.25) is 0 Å². The van der Waals surface area contributed by atoms with E-state index in [0.29, 0.717) is 6.04 Å². The van der Waals surface area contributed by atoms with Crippen LogP contribution in [0.3, 0.4) is 0 Å². The molecule has 38 heavy (non-hydrogen) atoms. The number of hydrogen-bond donors (Lipinski definition) is 0. The Morgan fingerprint density at radius 3 is 2.53 bits per heavy atom. The molecular formula is C34H34N2O2. The van der Waals surface area contributed by atoms with Gasteiger partial charge >= 0.3 is 0 Å². The normalized spacial score (nSPS) is 23.6. The molecule has 5 aromatic rings. The van der Waals surface area contributed by atoms with E-state index >= 15 is 0 Å². The fourth-order valence-corrected chi connectivity index (χ4v) is 7.08. The van der Waals surface area contributed by atoms with Gasteiger partial charge < -0.3 is 9.47 Å². The van der Waals surface area contributed by atoms with Crippen LogP contribution in [-0.2, 0) is 0 Å². The van der Waals surface area contributed by atoms with Crippen LogP contribution in [0.25, 0.3) is 32.4 Å². The molecule has 0 N–H and O–H groups in total. The second-order valence-corrected chi connectivity index (χ2v) is 11.0. The van der Waals surface area contributed by atoms with E-state index in [1.165, 1.54) is 41.0 Å². The largest absolute Gasteiger partial charge is 0.497 e. The number of fused-ring (bicyclic) bond motifs is 7. The molecule has 3 saturated heterocycles. The summed E-state index contributed by atoms with van der Waals surface area (Å²) in [5, 5.41) is 5.97. The van der Waals surface area contributed by atoms with Crippen LogP contribution in [-0.4, -0.2) is 36.1 Å². The van der Waals surface area contributed by atoms with Crippen molar-refractivity contribution in [3.8, 4) is 11.5 Å². The van der Waals surface area contributed by atoms with Gasteiger partial charge in [0.15, 0.2) is 0 Å². The van der Waals surface area contributed by atoms with Crippen LogP contribution >= 0.6 is 0 Å². The zero-order chi connectivity index (χ0) is 25.6. The minimum Gasteiger partial charge on any atom is -0.497 e. The van der Waals surface area contributed by atoms with Gasteiger partial charge in [0.2, 0.25) is 0 Å². The molecule has 3 aliphatic rings. The molecule has 0 spiro atoms. The van der Waals surface area contributed by atoms with Gasteiger partial charge in [0.05, 0.1) is 18.7 Å². The Hall–Kier alpha value is -3.63. The average Bonchev–Trinajstić information content (AvgIpc) is 2.99. The third kappa shape index (κ3) is 3.90. The lowest BCUT2D eigenvalue weighted by Crippen LogP contribution is -2.56. The molecule has 0 aliphatic carbocycles. The number of hydrogen-bond acceptors (Lipinski definition) is 4. The molecule has 0 saturated carbocycles. The maximum absolute atomic E-state index is 7.25. The van der Waals surface area contributed by atoms with Crippen molar-refractivity contribution >= 4 is 32.4 Å². The van der Waals surface area contributed by atoms with Crippen molar-refractivity contribution in [2.75, 3.05) is 20.2 Å². The molecule has 3 fully saturated rings. The second-order valence-electron chi connectivity index (χ2n) is 11.0. The van der Waals surface area contributed by atoms with Crippen LogP contribution in [0, 0.1) is 11.8 Å². The van der Waals surface area contributed by atoms with E-state index in [1.807, 2.05) is 12.3 Å². The van der Waals surface area contributed by atoms with Gasteiger partial charge in [-0.05, 0) is 77.7 Å². The summed E-state index contributed by atoms with van der Waals surface area (Å²) in [6.07, 6.45) is 5.54. The molecule has 3 aliphatic heterocycles. The van der Waals surface area contributed by atoms with Gasteiger partial charge in [0.1, 0.15) is 17.6 Å². The quantitative estimate of drug-likeness (QED) is 0.222. The van der Waals surface area contributed by atoms with Crippen LogP contribution in [0.5, 0.6) is 11.5 Å². The predicted octanol–water partition coefficient (Wildman–Crippen LogP) is 7.79. The highest BCUT2D eigenvalue weighted by molar-refractivity contribution is 6.10. The van der Waals surface area contributed by atoms with E-state index in [4.69, 9.17) is 14.5 Å². The SMILES string of the molecule is CC[C@H]1CN2CC[C@H]1C[C@@H]2[C@@H](Oc1cc2ccccc2c2ccccc12)c1ccnc2ccc(OC)cc12. The summed E-state index contributed by atoms with van der Waals surface area (Å²) < 4.78 is 12.9. The number of rotatable bonds is 6. The van der Waals surface area contributed by atoms with Crippen molar-refractivity contribution in [2.45, 2.75) is 38.3 Å². The minimum atomic E-state index is -0.113. The molecule has 192 valence electrons. The molecule has 2 bridgehead atoms. The summed E-state index contributed by atoms with van der Waals surface area (Å²) in [7, 11) is 1.73. The minimum absolute atomic E-state index is 0.113. The van der Waals surface area contributed by atoms with Crippen LogP contribution in [0.1, 0.15) is 37.9 Å².